The van der Waals surface area contributed by atoms with Crippen LogP contribution in [0.25, 0.3) is 0 Å². The van der Waals surface area contributed by atoms with Gasteiger partial charge in [0.15, 0.2) is 0 Å². The van der Waals surface area contributed by atoms with Crippen LogP contribution in [0.5, 0.6) is 0 Å². The number of carbonyl (C=O) groups is 1. The predicted molar refractivity (Wildman–Crippen MR) is 75.9 cm³/mol. The van der Waals surface area contributed by atoms with E-state index in [9.17, 15) is 15.0 Å². The minimum Gasteiger partial charge on any atom is -0.460 e. The fraction of sp³-hybridized carbons (Fsp3) is 0.688. The third kappa shape index (κ3) is 4.18. The topological polar surface area (TPSA) is 66.8 Å². The molecule has 1 aliphatic carbocycles. The SMILES string of the molecule is C[C@H]1CCC/C=C/[C@H]2C[C@H](O)C[C@H]2[C@H](O)/C=C/C(=O)O1. The van der Waals surface area contributed by atoms with Crippen LogP contribution in [0.4, 0.5) is 0 Å². The third-order valence-electron chi connectivity index (χ3n) is 4.19. The van der Waals surface area contributed by atoms with Crippen LogP contribution in [0.1, 0.15) is 39.0 Å². The van der Waals surface area contributed by atoms with E-state index >= 15 is 0 Å². The molecule has 0 aromatic carbocycles. The number of esters is 1. The molecule has 2 rings (SSSR count). The van der Waals surface area contributed by atoms with Crippen molar-refractivity contribution in [1.29, 1.82) is 0 Å². The predicted octanol–water partition coefficient (Wildman–Crippen LogP) is 1.96. The van der Waals surface area contributed by atoms with Gasteiger partial charge in [0.25, 0.3) is 0 Å². The van der Waals surface area contributed by atoms with Gasteiger partial charge in [0.1, 0.15) is 0 Å². The first-order valence-corrected chi connectivity index (χ1v) is 7.48. The summed E-state index contributed by atoms with van der Waals surface area (Å²) in [5.41, 5.74) is 0. The zero-order valence-electron chi connectivity index (χ0n) is 11.9. The summed E-state index contributed by atoms with van der Waals surface area (Å²) in [5, 5.41) is 20.0. The summed E-state index contributed by atoms with van der Waals surface area (Å²) in [6.07, 6.45) is 9.87. The van der Waals surface area contributed by atoms with E-state index in [1.807, 2.05) is 6.92 Å². The number of rotatable bonds is 0. The minimum absolute atomic E-state index is 0.0246. The lowest BCUT2D eigenvalue weighted by atomic mass is 9.90. The van der Waals surface area contributed by atoms with Crippen molar-refractivity contribution < 1.29 is 19.7 Å². The molecule has 1 heterocycles. The lowest BCUT2D eigenvalue weighted by Gasteiger charge is -2.19. The van der Waals surface area contributed by atoms with E-state index in [-0.39, 0.29) is 24.0 Å². The van der Waals surface area contributed by atoms with Gasteiger partial charge in [-0.2, -0.15) is 0 Å². The second-order valence-corrected chi connectivity index (χ2v) is 5.91. The van der Waals surface area contributed by atoms with Crippen LogP contribution in [-0.4, -0.2) is 34.5 Å². The Hall–Kier alpha value is -1.13. The largest absolute Gasteiger partial charge is 0.460 e. The Labute approximate surface area is 120 Å². The first-order valence-electron chi connectivity index (χ1n) is 7.48. The number of fused-ring (bicyclic) bond motifs is 1. The normalized spacial score (nSPS) is 42.5. The molecule has 0 aromatic rings. The van der Waals surface area contributed by atoms with Crippen molar-refractivity contribution in [2.24, 2.45) is 11.8 Å². The molecule has 4 nitrogen and oxygen atoms in total. The summed E-state index contributed by atoms with van der Waals surface area (Å²) in [4.78, 5) is 11.6. The van der Waals surface area contributed by atoms with Crippen molar-refractivity contribution in [2.45, 2.75) is 57.3 Å². The van der Waals surface area contributed by atoms with Crippen molar-refractivity contribution in [3.63, 3.8) is 0 Å². The van der Waals surface area contributed by atoms with Crippen LogP contribution in [-0.2, 0) is 9.53 Å². The van der Waals surface area contributed by atoms with Crippen LogP contribution in [0.15, 0.2) is 24.3 Å². The number of aliphatic hydroxyl groups is 2. The van der Waals surface area contributed by atoms with Gasteiger partial charge in [-0.15, -0.1) is 0 Å². The molecule has 112 valence electrons. The summed E-state index contributed by atoms with van der Waals surface area (Å²) in [6, 6.07) is 0. The average Bonchev–Trinajstić information content (AvgIpc) is 2.76. The maximum absolute atomic E-state index is 11.6. The van der Waals surface area contributed by atoms with Crippen molar-refractivity contribution >= 4 is 5.97 Å². The highest BCUT2D eigenvalue weighted by atomic mass is 16.5. The standard InChI is InChI=1S/C16H24O4/c1-11-5-3-2-4-6-12-9-13(17)10-14(12)15(18)7-8-16(19)20-11/h4,6-8,11-15,17-18H,2-3,5,9-10H2,1H3/b6-4+,8-7+/t11-,12-,13-,14+,15+/m0/s1. The molecule has 0 amide bonds. The summed E-state index contributed by atoms with van der Waals surface area (Å²) < 4.78 is 5.23. The van der Waals surface area contributed by atoms with Gasteiger partial charge in [0.2, 0.25) is 0 Å². The fourth-order valence-corrected chi connectivity index (χ4v) is 3.10. The monoisotopic (exact) mass is 280 g/mol. The number of ether oxygens (including phenoxy) is 1. The van der Waals surface area contributed by atoms with Gasteiger partial charge in [-0.3, -0.25) is 0 Å². The Morgan fingerprint density at radius 1 is 1.25 bits per heavy atom. The number of aliphatic hydroxyl groups excluding tert-OH is 2. The number of hydrogen-bond acceptors (Lipinski definition) is 4. The number of allylic oxidation sites excluding steroid dienone is 2. The van der Waals surface area contributed by atoms with Gasteiger partial charge in [0.05, 0.1) is 18.3 Å². The molecule has 0 bridgehead atoms. The summed E-state index contributed by atoms with van der Waals surface area (Å²) in [7, 11) is 0. The summed E-state index contributed by atoms with van der Waals surface area (Å²) in [6.45, 7) is 1.89. The smallest absolute Gasteiger partial charge is 0.330 e. The second kappa shape index (κ2) is 7.04. The molecule has 4 heteroatoms. The molecular weight excluding hydrogens is 256 g/mol. The van der Waals surface area contributed by atoms with E-state index in [1.165, 1.54) is 12.2 Å². The van der Waals surface area contributed by atoms with Crippen LogP contribution < -0.4 is 0 Å². The van der Waals surface area contributed by atoms with Crippen molar-refractivity contribution in [3.05, 3.63) is 24.3 Å². The van der Waals surface area contributed by atoms with Gasteiger partial charge < -0.3 is 14.9 Å². The highest BCUT2D eigenvalue weighted by molar-refractivity contribution is 5.82. The molecule has 0 unspecified atom stereocenters. The maximum atomic E-state index is 11.6. The van der Waals surface area contributed by atoms with Crippen LogP contribution in [0, 0.1) is 11.8 Å². The Kier molecular flexibility index (Phi) is 5.38. The lowest BCUT2D eigenvalue weighted by Crippen LogP contribution is -2.21. The minimum atomic E-state index is -0.717. The van der Waals surface area contributed by atoms with E-state index < -0.39 is 12.1 Å². The number of hydrogen-bond donors (Lipinski definition) is 2. The van der Waals surface area contributed by atoms with E-state index in [0.29, 0.717) is 12.8 Å². The van der Waals surface area contributed by atoms with Crippen molar-refractivity contribution in [1.82, 2.24) is 0 Å². The van der Waals surface area contributed by atoms with E-state index in [0.717, 1.165) is 19.3 Å². The molecule has 2 aliphatic rings. The van der Waals surface area contributed by atoms with Gasteiger partial charge in [0, 0.05) is 6.08 Å². The van der Waals surface area contributed by atoms with Gasteiger partial charge >= 0.3 is 5.97 Å². The zero-order chi connectivity index (χ0) is 14.5. The molecule has 0 radical (unpaired) electrons. The van der Waals surface area contributed by atoms with Gasteiger partial charge in [-0.1, -0.05) is 12.2 Å². The Morgan fingerprint density at radius 3 is 2.85 bits per heavy atom. The van der Waals surface area contributed by atoms with E-state index in [2.05, 4.69) is 12.2 Å². The molecule has 0 saturated heterocycles. The van der Waals surface area contributed by atoms with Crippen molar-refractivity contribution in [2.75, 3.05) is 0 Å². The Bertz CT molecular complexity index is 388. The molecule has 1 saturated carbocycles. The molecule has 2 N–H and O–H groups in total. The second-order valence-electron chi connectivity index (χ2n) is 5.91. The Morgan fingerprint density at radius 2 is 2.05 bits per heavy atom. The van der Waals surface area contributed by atoms with Crippen LogP contribution in [0.3, 0.4) is 0 Å². The molecule has 1 aliphatic heterocycles. The van der Waals surface area contributed by atoms with E-state index in [1.54, 1.807) is 0 Å². The van der Waals surface area contributed by atoms with Gasteiger partial charge in [-0.25, -0.2) is 4.79 Å². The highest BCUT2D eigenvalue weighted by Crippen LogP contribution is 2.36. The average molecular weight is 280 g/mol. The van der Waals surface area contributed by atoms with Crippen molar-refractivity contribution in [3.8, 4) is 0 Å². The molecule has 20 heavy (non-hydrogen) atoms. The summed E-state index contributed by atoms with van der Waals surface area (Å²) in [5.74, 6) is -0.249. The quantitative estimate of drug-likeness (QED) is 0.526. The number of carbonyl (C=O) groups excluding carboxylic acids is 1. The lowest BCUT2D eigenvalue weighted by molar-refractivity contribution is -0.142. The first-order chi connectivity index (χ1) is 9.56. The van der Waals surface area contributed by atoms with E-state index in [4.69, 9.17) is 4.74 Å². The Balaban J connectivity index is 2.11. The molecular formula is C16H24O4. The van der Waals surface area contributed by atoms with Gasteiger partial charge in [-0.05, 0) is 56.9 Å². The van der Waals surface area contributed by atoms with Crippen LogP contribution in [0.2, 0.25) is 0 Å². The summed E-state index contributed by atoms with van der Waals surface area (Å²) >= 11 is 0. The highest BCUT2D eigenvalue weighted by Gasteiger charge is 2.35. The maximum Gasteiger partial charge on any atom is 0.330 e. The molecule has 5 atom stereocenters. The zero-order valence-corrected chi connectivity index (χ0v) is 11.9. The van der Waals surface area contributed by atoms with Crippen LogP contribution >= 0.6 is 0 Å². The first kappa shape index (κ1) is 15.3. The molecule has 0 spiro atoms. The fourth-order valence-electron chi connectivity index (χ4n) is 3.10. The molecule has 0 aromatic heterocycles. The number of cyclic esters (lactones) is 1. The third-order valence-corrected chi connectivity index (χ3v) is 4.19. The molecule has 1 fully saturated rings.